The first-order valence-electron chi connectivity index (χ1n) is 4.70. The van der Waals surface area contributed by atoms with Crippen LogP contribution in [0.4, 0.5) is 10.3 Å². The summed E-state index contributed by atoms with van der Waals surface area (Å²) in [6.07, 6.45) is 1.40. The van der Waals surface area contributed by atoms with Gasteiger partial charge in [0.15, 0.2) is 5.82 Å². The molecule has 15 heavy (non-hydrogen) atoms. The molecule has 0 unspecified atom stereocenters. The number of halogens is 1. The topological polar surface area (TPSA) is 56.2 Å². The molecule has 0 bridgehead atoms. The van der Waals surface area contributed by atoms with Crippen molar-refractivity contribution in [2.75, 3.05) is 5.73 Å². The van der Waals surface area contributed by atoms with Crippen molar-refractivity contribution in [1.82, 2.24) is 14.6 Å². The minimum Gasteiger partial charge on any atom is -0.367 e. The number of fused-ring (bicyclic) bond motifs is 1. The zero-order valence-corrected chi connectivity index (χ0v) is 8.95. The van der Waals surface area contributed by atoms with Crippen LogP contribution in [0.1, 0.15) is 26.5 Å². The van der Waals surface area contributed by atoms with Gasteiger partial charge in [0.25, 0.3) is 0 Å². The van der Waals surface area contributed by atoms with Crippen LogP contribution < -0.4 is 5.73 Å². The molecule has 2 rings (SSSR count). The van der Waals surface area contributed by atoms with Gasteiger partial charge in [-0.15, -0.1) is 5.10 Å². The Labute approximate surface area is 86.9 Å². The monoisotopic (exact) mass is 208 g/mol. The lowest BCUT2D eigenvalue weighted by Crippen LogP contribution is -2.16. The van der Waals surface area contributed by atoms with E-state index in [9.17, 15) is 4.39 Å². The molecular formula is C10H13FN4. The maximum Gasteiger partial charge on any atom is 0.238 e. The molecule has 2 N–H and O–H groups in total. The lowest BCUT2D eigenvalue weighted by Gasteiger charge is -2.17. The zero-order chi connectivity index (χ0) is 11.2. The van der Waals surface area contributed by atoms with Gasteiger partial charge in [-0.25, -0.2) is 13.9 Å². The van der Waals surface area contributed by atoms with Crippen LogP contribution in [0, 0.1) is 5.82 Å². The summed E-state index contributed by atoms with van der Waals surface area (Å²) in [6, 6.07) is 1.48. The van der Waals surface area contributed by atoms with Crippen LogP contribution >= 0.6 is 0 Å². The lowest BCUT2D eigenvalue weighted by atomic mass is 9.92. The number of aromatic nitrogens is 3. The molecular weight excluding hydrogens is 195 g/mol. The molecule has 0 saturated heterocycles. The third kappa shape index (κ3) is 1.54. The summed E-state index contributed by atoms with van der Waals surface area (Å²) in [6.45, 7) is 5.98. The van der Waals surface area contributed by atoms with Gasteiger partial charge in [-0.2, -0.15) is 0 Å². The molecule has 0 aliphatic rings. The fourth-order valence-electron chi connectivity index (χ4n) is 1.50. The van der Waals surface area contributed by atoms with Gasteiger partial charge >= 0.3 is 0 Å². The van der Waals surface area contributed by atoms with Gasteiger partial charge in [0.1, 0.15) is 5.52 Å². The molecule has 0 atom stereocenters. The van der Waals surface area contributed by atoms with Crippen molar-refractivity contribution >= 4 is 11.5 Å². The summed E-state index contributed by atoms with van der Waals surface area (Å²) >= 11 is 0. The van der Waals surface area contributed by atoms with Crippen molar-refractivity contribution < 1.29 is 4.39 Å². The Hall–Kier alpha value is -1.65. The summed E-state index contributed by atoms with van der Waals surface area (Å²) in [4.78, 5) is 3.77. The molecule has 4 nitrogen and oxygen atoms in total. The highest BCUT2D eigenvalue weighted by Crippen LogP contribution is 2.25. The highest BCUT2D eigenvalue weighted by molar-refractivity contribution is 5.50. The predicted octanol–water partition coefficient (Wildman–Crippen LogP) is 1.75. The third-order valence-electron chi connectivity index (χ3n) is 2.25. The Bertz CT molecular complexity index is 510. The number of hydrogen-bond donors (Lipinski definition) is 1. The van der Waals surface area contributed by atoms with E-state index < -0.39 is 0 Å². The Kier molecular flexibility index (Phi) is 1.92. The number of nitrogens with two attached hydrogens (primary N) is 1. The molecule has 0 aliphatic heterocycles. The van der Waals surface area contributed by atoms with E-state index in [2.05, 4.69) is 10.1 Å². The number of rotatable bonds is 0. The van der Waals surface area contributed by atoms with E-state index in [1.54, 1.807) is 0 Å². The molecule has 0 aliphatic carbocycles. The second kappa shape index (κ2) is 2.92. The highest BCUT2D eigenvalue weighted by Gasteiger charge is 2.21. The fraction of sp³-hybridized carbons (Fsp3) is 0.400. The molecule has 0 radical (unpaired) electrons. The average molecular weight is 208 g/mol. The van der Waals surface area contributed by atoms with Gasteiger partial charge in [-0.1, -0.05) is 20.8 Å². The van der Waals surface area contributed by atoms with Gasteiger partial charge in [-0.05, 0) is 6.07 Å². The Balaban J connectivity index is 2.81. The average Bonchev–Trinajstić information content (AvgIpc) is 2.42. The normalized spacial score (nSPS) is 12.3. The largest absolute Gasteiger partial charge is 0.367 e. The van der Waals surface area contributed by atoms with E-state index in [-0.39, 0.29) is 17.2 Å². The summed E-state index contributed by atoms with van der Waals surface area (Å²) in [5.74, 6) is -0.177. The number of nitrogens with zero attached hydrogens (tertiary/aromatic N) is 3. The van der Waals surface area contributed by atoms with E-state index in [1.165, 1.54) is 16.8 Å². The van der Waals surface area contributed by atoms with Crippen LogP contribution in [0.3, 0.4) is 0 Å². The Morgan fingerprint density at radius 2 is 2.07 bits per heavy atom. The number of hydrogen-bond acceptors (Lipinski definition) is 3. The minimum atomic E-state index is -0.320. The van der Waals surface area contributed by atoms with Gasteiger partial charge in [0.2, 0.25) is 5.95 Å². The van der Waals surface area contributed by atoms with E-state index >= 15 is 0 Å². The van der Waals surface area contributed by atoms with Crippen molar-refractivity contribution in [3.05, 3.63) is 23.8 Å². The molecule has 80 valence electrons. The van der Waals surface area contributed by atoms with E-state index in [0.717, 1.165) is 5.69 Å². The maximum absolute atomic E-state index is 13.5. The molecule has 2 aromatic heterocycles. The zero-order valence-electron chi connectivity index (χ0n) is 8.95. The van der Waals surface area contributed by atoms with Gasteiger partial charge in [-0.3, -0.25) is 0 Å². The molecule has 0 amide bonds. The van der Waals surface area contributed by atoms with Crippen LogP contribution in [0.25, 0.3) is 5.52 Å². The third-order valence-corrected chi connectivity index (χ3v) is 2.25. The maximum atomic E-state index is 13.5. The Morgan fingerprint density at radius 1 is 1.40 bits per heavy atom. The van der Waals surface area contributed by atoms with Gasteiger partial charge < -0.3 is 5.73 Å². The Morgan fingerprint density at radius 3 is 2.67 bits per heavy atom. The van der Waals surface area contributed by atoms with E-state index in [0.29, 0.717) is 5.52 Å². The smallest absolute Gasteiger partial charge is 0.238 e. The van der Waals surface area contributed by atoms with E-state index in [4.69, 9.17) is 5.73 Å². The van der Waals surface area contributed by atoms with Crippen molar-refractivity contribution in [2.24, 2.45) is 0 Å². The summed E-state index contributed by atoms with van der Waals surface area (Å²) in [5, 5.41) is 4.01. The first-order chi connectivity index (χ1) is 6.89. The lowest BCUT2D eigenvalue weighted by molar-refractivity contribution is 0.549. The molecule has 0 aromatic carbocycles. The number of nitrogen functional groups attached to an aromatic ring is 1. The fourth-order valence-corrected chi connectivity index (χ4v) is 1.50. The first kappa shape index (κ1) is 9.89. The second-order valence-electron chi connectivity index (χ2n) is 4.54. The molecule has 5 heteroatoms. The first-order valence-corrected chi connectivity index (χ1v) is 4.70. The van der Waals surface area contributed by atoms with Crippen molar-refractivity contribution in [1.29, 1.82) is 0 Å². The van der Waals surface area contributed by atoms with E-state index in [1.807, 2.05) is 20.8 Å². The van der Waals surface area contributed by atoms with Crippen LogP contribution in [0.2, 0.25) is 0 Å². The molecule has 2 heterocycles. The van der Waals surface area contributed by atoms with Gasteiger partial charge in [0.05, 0.1) is 11.9 Å². The highest BCUT2D eigenvalue weighted by atomic mass is 19.1. The standard InChI is InChI=1S/C10H13FN4/c1-10(2,3)8-4-6(11)7-5-13-9(12)14-15(7)8/h4-5H,1-3H3,(H2,12,14). The van der Waals surface area contributed by atoms with Crippen molar-refractivity contribution in [3.63, 3.8) is 0 Å². The van der Waals surface area contributed by atoms with Crippen LogP contribution in [0.5, 0.6) is 0 Å². The quantitative estimate of drug-likeness (QED) is 0.717. The summed E-state index contributed by atoms with van der Waals surface area (Å²) < 4.78 is 15.0. The SMILES string of the molecule is CC(C)(C)c1cc(F)c2cnc(N)nn12. The molecule has 2 aromatic rings. The van der Waals surface area contributed by atoms with Crippen LogP contribution in [-0.2, 0) is 5.41 Å². The number of anilines is 1. The minimum absolute atomic E-state index is 0.142. The van der Waals surface area contributed by atoms with Crippen molar-refractivity contribution in [3.8, 4) is 0 Å². The van der Waals surface area contributed by atoms with Crippen LogP contribution in [0.15, 0.2) is 12.3 Å². The predicted molar refractivity (Wildman–Crippen MR) is 56.1 cm³/mol. The second-order valence-corrected chi connectivity index (χ2v) is 4.54. The summed E-state index contributed by atoms with van der Waals surface area (Å²) in [7, 11) is 0. The summed E-state index contributed by atoms with van der Waals surface area (Å²) in [5.41, 5.74) is 6.43. The molecule has 0 fully saturated rings. The van der Waals surface area contributed by atoms with Crippen molar-refractivity contribution in [2.45, 2.75) is 26.2 Å². The molecule has 0 saturated carbocycles. The van der Waals surface area contributed by atoms with Crippen LogP contribution in [-0.4, -0.2) is 14.6 Å². The van der Waals surface area contributed by atoms with Gasteiger partial charge in [0, 0.05) is 5.41 Å². The molecule has 0 spiro atoms.